The number of amides is 2. The van der Waals surface area contributed by atoms with Gasteiger partial charge in [-0.2, -0.15) is 0 Å². The third kappa shape index (κ3) is 5.48. The molecule has 2 unspecified atom stereocenters. The summed E-state index contributed by atoms with van der Waals surface area (Å²) in [5, 5.41) is 15.6. The Morgan fingerprint density at radius 2 is 2.18 bits per heavy atom. The maximum absolute atomic E-state index is 11.9. The molecule has 2 aliphatic rings. The van der Waals surface area contributed by atoms with Crippen molar-refractivity contribution < 1.29 is 19.4 Å². The Bertz CT molecular complexity index is 809. The fourth-order valence-corrected chi connectivity index (χ4v) is 4.00. The number of halogens is 1. The highest BCUT2D eigenvalue weighted by Gasteiger charge is 2.29. The van der Waals surface area contributed by atoms with E-state index in [4.69, 9.17) is 16.3 Å². The van der Waals surface area contributed by atoms with Crippen LogP contribution >= 0.6 is 23.4 Å². The quantitative estimate of drug-likeness (QED) is 0.493. The number of rotatable bonds is 5. The third-order valence-corrected chi connectivity index (χ3v) is 5.34. The summed E-state index contributed by atoms with van der Waals surface area (Å²) < 4.78 is 5.51. The number of carbonyl (C=O) groups is 2. The molecule has 0 aliphatic carbocycles. The minimum Gasteiger partial charge on any atom is -0.369 e. The van der Waals surface area contributed by atoms with Gasteiger partial charge in [-0.1, -0.05) is 17.7 Å². The molecule has 2 amide bonds. The van der Waals surface area contributed by atoms with E-state index in [9.17, 15) is 14.7 Å². The van der Waals surface area contributed by atoms with Crippen molar-refractivity contribution in [2.45, 2.75) is 45.2 Å². The van der Waals surface area contributed by atoms with Crippen LogP contribution < -0.4 is 15.5 Å². The number of benzene rings is 1. The van der Waals surface area contributed by atoms with Gasteiger partial charge < -0.3 is 14.7 Å². The summed E-state index contributed by atoms with van der Waals surface area (Å²) in [7, 11) is 0. The summed E-state index contributed by atoms with van der Waals surface area (Å²) in [6, 6.07) is 5.48. The van der Waals surface area contributed by atoms with Crippen LogP contribution in [0.4, 0.5) is 10.5 Å². The number of imide groups is 1. The monoisotopic (exact) mass is 425 g/mol. The molecule has 152 valence electrons. The van der Waals surface area contributed by atoms with Crippen LogP contribution in [0.3, 0.4) is 0 Å². The number of thioether (sulfide) groups is 1. The van der Waals surface area contributed by atoms with Crippen LogP contribution in [0.2, 0.25) is 5.02 Å². The van der Waals surface area contributed by atoms with Crippen molar-refractivity contribution in [2.24, 2.45) is 0 Å². The van der Waals surface area contributed by atoms with Crippen molar-refractivity contribution >= 4 is 46.3 Å². The highest BCUT2D eigenvalue weighted by atomic mass is 35.5. The molecule has 2 saturated heterocycles. The zero-order valence-corrected chi connectivity index (χ0v) is 17.6. The fourth-order valence-electron chi connectivity index (χ4n) is 3.16. The molecule has 1 aromatic rings. The van der Waals surface area contributed by atoms with Crippen LogP contribution in [0.1, 0.15) is 32.8 Å². The molecule has 0 spiro atoms. The standard InChI is InChI=1S/C19H24ClN3O4S/c1-19(2,3)27-17(25)21-13-6-7-23(10-13)14-9-12(20)5-4-11(14)8-15-16(24)22-18(26)28-15/h4-5,8-9,13,17,21,25H,6-7,10H2,1-3H3,(H,22,24,26). The number of hydrogen-bond donors (Lipinski definition) is 3. The minimum absolute atomic E-state index is 0.0440. The van der Waals surface area contributed by atoms with E-state index in [1.807, 2.05) is 32.9 Å². The SMILES string of the molecule is CC(C)(C)OC(O)NC1CCN(c2cc(Cl)ccc2C=C2SC(=O)NC2=O)C1. The Morgan fingerprint density at radius 3 is 2.82 bits per heavy atom. The number of nitrogens with one attached hydrogen (secondary N) is 2. The molecule has 0 bridgehead atoms. The first-order valence-corrected chi connectivity index (χ1v) is 10.2. The van der Waals surface area contributed by atoms with Crippen molar-refractivity contribution in [2.75, 3.05) is 18.0 Å². The molecule has 3 rings (SSSR count). The molecule has 2 atom stereocenters. The molecular formula is C19H24ClN3O4S. The fraction of sp³-hybridized carbons (Fsp3) is 0.474. The van der Waals surface area contributed by atoms with E-state index in [1.54, 1.807) is 12.1 Å². The maximum atomic E-state index is 11.9. The summed E-state index contributed by atoms with van der Waals surface area (Å²) in [6.45, 7) is 7.06. The third-order valence-electron chi connectivity index (χ3n) is 4.29. The Balaban J connectivity index is 1.74. The average molecular weight is 426 g/mol. The predicted octanol–water partition coefficient (Wildman–Crippen LogP) is 2.92. The lowest BCUT2D eigenvalue weighted by molar-refractivity contribution is -0.184. The smallest absolute Gasteiger partial charge is 0.290 e. The summed E-state index contributed by atoms with van der Waals surface area (Å²) in [5.41, 5.74) is 1.24. The number of ether oxygens (including phenoxy) is 1. The van der Waals surface area contributed by atoms with Gasteiger partial charge in [-0.05, 0) is 62.7 Å². The molecule has 28 heavy (non-hydrogen) atoms. The first-order chi connectivity index (χ1) is 13.1. The highest BCUT2D eigenvalue weighted by molar-refractivity contribution is 8.18. The Morgan fingerprint density at radius 1 is 1.43 bits per heavy atom. The lowest BCUT2D eigenvalue weighted by Gasteiger charge is -2.27. The first kappa shape index (κ1) is 21.1. The molecule has 0 saturated carbocycles. The molecule has 1 aromatic carbocycles. The van der Waals surface area contributed by atoms with E-state index in [2.05, 4.69) is 15.5 Å². The van der Waals surface area contributed by atoms with Crippen molar-refractivity contribution in [3.05, 3.63) is 33.7 Å². The first-order valence-electron chi connectivity index (χ1n) is 9.02. The number of aliphatic hydroxyl groups excluding tert-OH is 1. The zero-order chi connectivity index (χ0) is 20.5. The van der Waals surface area contributed by atoms with Gasteiger partial charge >= 0.3 is 0 Å². The zero-order valence-electron chi connectivity index (χ0n) is 16.0. The predicted molar refractivity (Wildman–Crippen MR) is 111 cm³/mol. The Kier molecular flexibility index (Phi) is 6.36. The second kappa shape index (κ2) is 8.42. The normalized spacial score (nSPS) is 22.8. The van der Waals surface area contributed by atoms with Gasteiger partial charge in [-0.25, -0.2) is 0 Å². The molecule has 7 nitrogen and oxygen atoms in total. The Hall–Kier alpha value is -1.58. The van der Waals surface area contributed by atoms with Crippen molar-refractivity contribution in [3.8, 4) is 0 Å². The maximum Gasteiger partial charge on any atom is 0.290 e. The van der Waals surface area contributed by atoms with Crippen LogP contribution in [-0.4, -0.2) is 47.4 Å². The van der Waals surface area contributed by atoms with Crippen LogP contribution in [0.25, 0.3) is 6.08 Å². The topological polar surface area (TPSA) is 90.9 Å². The lowest BCUT2D eigenvalue weighted by Crippen LogP contribution is -2.44. The summed E-state index contributed by atoms with van der Waals surface area (Å²) in [6.07, 6.45) is 1.48. The molecule has 2 heterocycles. The summed E-state index contributed by atoms with van der Waals surface area (Å²) >= 11 is 7.08. The molecule has 2 fully saturated rings. The highest BCUT2D eigenvalue weighted by Crippen LogP contribution is 2.33. The number of nitrogens with zero attached hydrogens (tertiary/aromatic N) is 1. The number of carbonyl (C=O) groups excluding carboxylic acids is 2. The van der Waals surface area contributed by atoms with E-state index < -0.39 is 12.0 Å². The van der Waals surface area contributed by atoms with Crippen LogP contribution in [0.15, 0.2) is 23.1 Å². The Labute approximate surface area is 173 Å². The van der Waals surface area contributed by atoms with Gasteiger partial charge in [0.2, 0.25) is 6.41 Å². The molecule has 0 aromatic heterocycles. The van der Waals surface area contributed by atoms with E-state index in [0.29, 0.717) is 16.5 Å². The van der Waals surface area contributed by atoms with Gasteiger partial charge in [0, 0.05) is 29.8 Å². The van der Waals surface area contributed by atoms with Crippen molar-refractivity contribution in [3.63, 3.8) is 0 Å². The average Bonchev–Trinajstić information content (AvgIpc) is 3.13. The lowest BCUT2D eigenvalue weighted by atomic mass is 10.1. The van der Waals surface area contributed by atoms with Gasteiger partial charge in [0.15, 0.2) is 0 Å². The molecule has 0 radical (unpaired) electrons. The summed E-state index contributed by atoms with van der Waals surface area (Å²) in [5.74, 6) is -0.390. The molecular weight excluding hydrogens is 402 g/mol. The van der Waals surface area contributed by atoms with E-state index in [0.717, 1.165) is 36.0 Å². The second-order valence-corrected chi connectivity index (χ2v) is 9.19. The molecule has 3 N–H and O–H groups in total. The van der Waals surface area contributed by atoms with Crippen LogP contribution in [-0.2, 0) is 9.53 Å². The van der Waals surface area contributed by atoms with Gasteiger partial charge in [0.25, 0.3) is 11.1 Å². The van der Waals surface area contributed by atoms with Gasteiger partial charge in [0.05, 0.1) is 10.5 Å². The molecule has 2 aliphatic heterocycles. The number of anilines is 1. The second-order valence-electron chi connectivity index (χ2n) is 7.74. The number of hydrogen-bond acceptors (Lipinski definition) is 7. The van der Waals surface area contributed by atoms with Crippen LogP contribution in [0.5, 0.6) is 0 Å². The number of aliphatic hydroxyl groups is 1. The van der Waals surface area contributed by atoms with Gasteiger partial charge in [-0.15, -0.1) is 0 Å². The van der Waals surface area contributed by atoms with Gasteiger partial charge in [-0.3, -0.25) is 20.2 Å². The van der Waals surface area contributed by atoms with E-state index in [1.165, 1.54) is 0 Å². The minimum atomic E-state index is -1.05. The summed E-state index contributed by atoms with van der Waals surface area (Å²) in [4.78, 5) is 25.8. The molecule has 9 heteroatoms. The van der Waals surface area contributed by atoms with E-state index >= 15 is 0 Å². The van der Waals surface area contributed by atoms with Crippen LogP contribution in [0, 0.1) is 0 Å². The van der Waals surface area contributed by atoms with Gasteiger partial charge in [0.1, 0.15) is 0 Å². The van der Waals surface area contributed by atoms with Crippen molar-refractivity contribution in [1.82, 2.24) is 10.6 Å². The largest absolute Gasteiger partial charge is 0.369 e. The van der Waals surface area contributed by atoms with E-state index in [-0.39, 0.29) is 17.2 Å². The van der Waals surface area contributed by atoms with Crippen molar-refractivity contribution in [1.29, 1.82) is 0 Å².